The Morgan fingerprint density at radius 1 is 0.864 bits per heavy atom. The van der Waals surface area contributed by atoms with E-state index < -0.39 is 7.82 Å². The molecule has 0 aliphatic heterocycles. The zero-order valence-corrected chi connectivity index (χ0v) is 13.4. The number of hydrogen-bond donors (Lipinski definition) is 2. The van der Waals surface area contributed by atoms with E-state index in [1.165, 1.54) is 0 Å². The summed E-state index contributed by atoms with van der Waals surface area (Å²) >= 11 is 0. The Kier molecular flexibility index (Phi) is 8.67. The topological polar surface area (TPSA) is 76.0 Å². The number of aliphatic hydroxyl groups is 1. The summed E-state index contributed by atoms with van der Waals surface area (Å²) in [7, 11) is -4.02. The SMILES string of the molecule is CCO.O=P(O)(OCc1ccccc1)OCc1ccccc1. The molecule has 0 bridgehead atoms. The second kappa shape index (κ2) is 10.3. The first-order valence-corrected chi connectivity index (χ1v) is 8.37. The molecule has 120 valence electrons. The lowest BCUT2D eigenvalue weighted by molar-refractivity contribution is 0.137. The minimum atomic E-state index is -4.02. The third kappa shape index (κ3) is 8.08. The minimum absolute atomic E-state index is 0.0450. The van der Waals surface area contributed by atoms with Crippen LogP contribution in [0.3, 0.4) is 0 Å². The van der Waals surface area contributed by atoms with Crippen LogP contribution in [-0.2, 0) is 26.8 Å². The van der Waals surface area contributed by atoms with Crippen molar-refractivity contribution in [2.24, 2.45) is 0 Å². The highest BCUT2D eigenvalue weighted by Gasteiger charge is 2.20. The second-order valence-electron chi connectivity index (χ2n) is 4.30. The quantitative estimate of drug-likeness (QED) is 0.795. The molecule has 0 aromatic heterocycles. The summed E-state index contributed by atoms with van der Waals surface area (Å²) in [5, 5.41) is 7.57. The van der Waals surface area contributed by atoms with Crippen molar-refractivity contribution in [3.63, 3.8) is 0 Å². The van der Waals surface area contributed by atoms with E-state index >= 15 is 0 Å². The van der Waals surface area contributed by atoms with Crippen LogP contribution >= 0.6 is 7.82 Å². The van der Waals surface area contributed by atoms with E-state index in [1.807, 2.05) is 60.7 Å². The van der Waals surface area contributed by atoms with E-state index in [0.29, 0.717) is 0 Å². The molecule has 6 heteroatoms. The van der Waals surface area contributed by atoms with E-state index in [-0.39, 0.29) is 19.8 Å². The van der Waals surface area contributed by atoms with Gasteiger partial charge in [0.2, 0.25) is 0 Å². The highest BCUT2D eigenvalue weighted by molar-refractivity contribution is 7.47. The lowest BCUT2D eigenvalue weighted by Crippen LogP contribution is -1.96. The van der Waals surface area contributed by atoms with Crippen LogP contribution in [0.1, 0.15) is 18.1 Å². The minimum Gasteiger partial charge on any atom is -0.397 e. The molecular formula is C16H21O5P. The van der Waals surface area contributed by atoms with Gasteiger partial charge >= 0.3 is 7.82 Å². The van der Waals surface area contributed by atoms with E-state index in [9.17, 15) is 9.46 Å². The Bertz CT molecular complexity index is 512. The fourth-order valence-electron chi connectivity index (χ4n) is 1.50. The molecular weight excluding hydrogens is 303 g/mol. The first kappa shape index (κ1) is 18.6. The van der Waals surface area contributed by atoms with Crippen molar-refractivity contribution in [2.75, 3.05) is 6.61 Å². The zero-order valence-electron chi connectivity index (χ0n) is 12.5. The van der Waals surface area contributed by atoms with Gasteiger partial charge in [0.25, 0.3) is 0 Å². The van der Waals surface area contributed by atoms with Gasteiger partial charge < -0.3 is 10.00 Å². The van der Waals surface area contributed by atoms with Gasteiger partial charge in [-0.2, -0.15) is 0 Å². The fourth-order valence-corrected chi connectivity index (χ4v) is 2.20. The third-order valence-electron chi connectivity index (χ3n) is 2.47. The highest BCUT2D eigenvalue weighted by Crippen LogP contribution is 2.44. The number of benzene rings is 2. The van der Waals surface area contributed by atoms with Gasteiger partial charge in [0, 0.05) is 6.61 Å². The summed E-state index contributed by atoms with van der Waals surface area (Å²) in [5.74, 6) is 0. The van der Waals surface area contributed by atoms with Gasteiger partial charge in [0.05, 0.1) is 13.2 Å². The standard InChI is InChI=1S/C14H15O4P.C2H6O/c15-19(16,17-11-13-7-3-1-4-8-13)18-12-14-9-5-2-6-10-14;1-2-3/h1-10H,11-12H2,(H,15,16);3H,2H2,1H3. The van der Waals surface area contributed by atoms with Crippen LogP contribution in [0.4, 0.5) is 0 Å². The average Bonchev–Trinajstić information content (AvgIpc) is 2.54. The summed E-state index contributed by atoms with van der Waals surface area (Å²) in [6.07, 6.45) is 0. The molecule has 0 atom stereocenters. The molecule has 2 aromatic rings. The van der Waals surface area contributed by atoms with Crippen molar-refractivity contribution in [1.82, 2.24) is 0 Å². The Balaban J connectivity index is 0.000000745. The van der Waals surface area contributed by atoms with Gasteiger partial charge in [0.1, 0.15) is 0 Å². The number of phosphoric acid groups is 1. The van der Waals surface area contributed by atoms with Crippen LogP contribution in [0.5, 0.6) is 0 Å². The summed E-state index contributed by atoms with van der Waals surface area (Å²) in [6.45, 7) is 2.02. The molecule has 2 aromatic carbocycles. The summed E-state index contributed by atoms with van der Waals surface area (Å²) in [6, 6.07) is 18.4. The van der Waals surface area contributed by atoms with Crippen molar-refractivity contribution in [2.45, 2.75) is 20.1 Å². The van der Waals surface area contributed by atoms with Crippen LogP contribution < -0.4 is 0 Å². The van der Waals surface area contributed by atoms with Gasteiger partial charge in [-0.25, -0.2) is 4.57 Å². The number of phosphoric ester groups is 1. The van der Waals surface area contributed by atoms with Gasteiger partial charge in [0.15, 0.2) is 0 Å². The summed E-state index contributed by atoms with van der Waals surface area (Å²) < 4.78 is 21.5. The molecule has 0 heterocycles. The number of aliphatic hydroxyl groups excluding tert-OH is 1. The molecule has 0 radical (unpaired) electrons. The van der Waals surface area contributed by atoms with Crippen molar-refractivity contribution in [3.05, 3.63) is 71.8 Å². The Hall–Kier alpha value is -1.49. The van der Waals surface area contributed by atoms with Crippen LogP contribution in [0.15, 0.2) is 60.7 Å². The maximum atomic E-state index is 11.7. The zero-order chi connectivity index (χ0) is 16.3. The lowest BCUT2D eigenvalue weighted by atomic mass is 10.2. The predicted molar refractivity (Wildman–Crippen MR) is 85.0 cm³/mol. The van der Waals surface area contributed by atoms with Crippen LogP contribution in [0, 0.1) is 0 Å². The van der Waals surface area contributed by atoms with Crippen LogP contribution in [-0.4, -0.2) is 16.6 Å². The van der Waals surface area contributed by atoms with E-state index in [0.717, 1.165) is 11.1 Å². The molecule has 5 nitrogen and oxygen atoms in total. The maximum absolute atomic E-state index is 11.7. The number of hydrogen-bond acceptors (Lipinski definition) is 4. The molecule has 22 heavy (non-hydrogen) atoms. The molecule has 0 saturated heterocycles. The van der Waals surface area contributed by atoms with E-state index in [4.69, 9.17) is 14.2 Å². The average molecular weight is 324 g/mol. The molecule has 0 amide bonds. The first-order valence-electron chi connectivity index (χ1n) is 6.88. The molecule has 0 saturated carbocycles. The maximum Gasteiger partial charge on any atom is 0.472 e. The summed E-state index contributed by atoms with van der Waals surface area (Å²) in [5.41, 5.74) is 1.64. The summed E-state index contributed by atoms with van der Waals surface area (Å²) in [4.78, 5) is 9.55. The Labute approximate surface area is 130 Å². The Morgan fingerprint density at radius 3 is 1.50 bits per heavy atom. The normalized spacial score (nSPS) is 10.7. The van der Waals surface area contributed by atoms with Crippen molar-refractivity contribution in [1.29, 1.82) is 0 Å². The predicted octanol–water partition coefficient (Wildman–Crippen LogP) is 3.52. The van der Waals surface area contributed by atoms with Gasteiger partial charge in [-0.05, 0) is 18.1 Å². The molecule has 0 fully saturated rings. The van der Waals surface area contributed by atoms with Crippen molar-refractivity contribution >= 4 is 7.82 Å². The second-order valence-corrected chi connectivity index (χ2v) is 5.76. The smallest absolute Gasteiger partial charge is 0.397 e. The Morgan fingerprint density at radius 2 is 1.18 bits per heavy atom. The first-order chi connectivity index (χ1) is 10.6. The van der Waals surface area contributed by atoms with E-state index in [1.54, 1.807) is 6.92 Å². The molecule has 0 spiro atoms. The number of rotatable bonds is 6. The molecule has 2 rings (SSSR count). The monoisotopic (exact) mass is 324 g/mol. The fraction of sp³-hybridized carbons (Fsp3) is 0.250. The molecule has 0 aliphatic rings. The van der Waals surface area contributed by atoms with E-state index in [2.05, 4.69) is 0 Å². The van der Waals surface area contributed by atoms with Gasteiger partial charge in [-0.1, -0.05) is 60.7 Å². The molecule has 0 aliphatic carbocycles. The van der Waals surface area contributed by atoms with Crippen molar-refractivity contribution in [3.8, 4) is 0 Å². The molecule has 0 unspecified atom stereocenters. The third-order valence-corrected chi connectivity index (χ3v) is 3.39. The van der Waals surface area contributed by atoms with Crippen LogP contribution in [0.2, 0.25) is 0 Å². The largest absolute Gasteiger partial charge is 0.472 e. The molecule has 2 N–H and O–H groups in total. The van der Waals surface area contributed by atoms with Gasteiger partial charge in [-0.3, -0.25) is 9.05 Å². The lowest BCUT2D eigenvalue weighted by Gasteiger charge is -2.12. The van der Waals surface area contributed by atoms with Crippen molar-refractivity contribution < 1.29 is 23.6 Å². The van der Waals surface area contributed by atoms with Crippen LogP contribution in [0.25, 0.3) is 0 Å². The highest BCUT2D eigenvalue weighted by atomic mass is 31.2. The van der Waals surface area contributed by atoms with Gasteiger partial charge in [-0.15, -0.1) is 0 Å².